The molecule has 2 N–H and O–H groups in total. The average Bonchev–Trinajstić information content (AvgIpc) is 2.46. The Hall–Kier alpha value is -2.29. The van der Waals surface area contributed by atoms with Crippen molar-refractivity contribution in [1.29, 1.82) is 0 Å². The van der Waals surface area contributed by atoms with Crippen LogP contribution < -0.4 is 10.6 Å². The quantitative estimate of drug-likeness (QED) is 0.863. The third-order valence-corrected chi connectivity index (χ3v) is 3.50. The largest absolute Gasteiger partial charge is 0.399 e. The highest BCUT2D eigenvalue weighted by Gasteiger charge is 2.19. The van der Waals surface area contributed by atoms with Crippen molar-refractivity contribution in [3.05, 3.63) is 59.2 Å². The van der Waals surface area contributed by atoms with Crippen LogP contribution in [0.5, 0.6) is 0 Å². The van der Waals surface area contributed by atoms with E-state index in [0.29, 0.717) is 12.2 Å². The van der Waals surface area contributed by atoms with Gasteiger partial charge in [0.25, 0.3) is 5.91 Å². The van der Waals surface area contributed by atoms with Gasteiger partial charge in [-0.2, -0.15) is 0 Å². The molecule has 1 amide bonds. The van der Waals surface area contributed by atoms with Gasteiger partial charge in [0.15, 0.2) is 0 Å². The maximum absolute atomic E-state index is 12.9. The van der Waals surface area contributed by atoms with Crippen molar-refractivity contribution in [2.75, 3.05) is 17.2 Å². The van der Waals surface area contributed by atoms with Crippen LogP contribution in [-0.2, 0) is 0 Å². The second kappa shape index (κ2) is 6.44. The zero-order chi connectivity index (χ0) is 15.4. The maximum Gasteiger partial charge on any atom is 0.258 e. The molecular formula is C18H22N2O. The molecule has 3 heteroatoms. The van der Waals surface area contributed by atoms with E-state index >= 15 is 0 Å². The van der Waals surface area contributed by atoms with Gasteiger partial charge in [0.05, 0.1) is 0 Å². The lowest BCUT2D eigenvalue weighted by atomic mass is 10.0. The number of amides is 1. The molecule has 110 valence electrons. The Morgan fingerprint density at radius 2 is 1.90 bits per heavy atom. The van der Waals surface area contributed by atoms with Crippen LogP contribution in [0.25, 0.3) is 0 Å². The number of nitrogen functional groups attached to an aromatic ring is 1. The van der Waals surface area contributed by atoms with E-state index in [-0.39, 0.29) is 5.91 Å². The summed E-state index contributed by atoms with van der Waals surface area (Å²) < 4.78 is 0. The number of anilines is 2. The zero-order valence-electron chi connectivity index (χ0n) is 12.9. The van der Waals surface area contributed by atoms with E-state index in [9.17, 15) is 4.79 Å². The fourth-order valence-electron chi connectivity index (χ4n) is 2.38. The minimum absolute atomic E-state index is 0.0312. The molecule has 0 spiro atoms. The van der Waals surface area contributed by atoms with Crippen molar-refractivity contribution in [1.82, 2.24) is 0 Å². The molecule has 0 aliphatic carbocycles. The number of nitrogens with two attached hydrogens (primary N) is 1. The SMILES string of the molecule is CCCN(C(=O)c1cc(C)ccc1C)c1cccc(N)c1. The Kier molecular flexibility index (Phi) is 4.63. The molecule has 21 heavy (non-hydrogen) atoms. The van der Waals surface area contributed by atoms with Crippen LogP contribution in [0.2, 0.25) is 0 Å². The molecule has 0 bridgehead atoms. The van der Waals surface area contributed by atoms with Crippen LogP contribution in [0.3, 0.4) is 0 Å². The molecule has 2 rings (SSSR count). The lowest BCUT2D eigenvalue weighted by molar-refractivity contribution is 0.0986. The Morgan fingerprint density at radius 3 is 2.57 bits per heavy atom. The van der Waals surface area contributed by atoms with E-state index in [1.807, 2.05) is 56.3 Å². The minimum atomic E-state index is 0.0312. The van der Waals surface area contributed by atoms with Crippen molar-refractivity contribution in [3.63, 3.8) is 0 Å². The van der Waals surface area contributed by atoms with Crippen molar-refractivity contribution < 1.29 is 4.79 Å². The summed E-state index contributed by atoms with van der Waals surface area (Å²) in [6, 6.07) is 13.4. The van der Waals surface area contributed by atoms with Gasteiger partial charge in [-0.05, 0) is 50.1 Å². The second-order valence-corrected chi connectivity index (χ2v) is 5.37. The molecule has 0 radical (unpaired) electrons. The summed E-state index contributed by atoms with van der Waals surface area (Å²) in [5.74, 6) is 0.0312. The molecule has 3 nitrogen and oxygen atoms in total. The lowest BCUT2D eigenvalue weighted by Gasteiger charge is -2.23. The van der Waals surface area contributed by atoms with E-state index in [4.69, 9.17) is 5.73 Å². The molecule has 2 aromatic carbocycles. The molecular weight excluding hydrogens is 260 g/mol. The molecule has 0 unspecified atom stereocenters. The van der Waals surface area contributed by atoms with E-state index in [0.717, 1.165) is 28.8 Å². The van der Waals surface area contributed by atoms with Crippen LogP contribution in [-0.4, -0.2) is 12.5 Å². The Labute approximate surface area is 126 Å². The van der Waals surface area contributed by atoms with Gasteiger partial charge in [0.2, 0.25) is 0 Å². The van der Waals surface area contributed by atoms with Crippen LogP contribution in [0.15, 0.2) is 42.5 Å². The summed E-state index contributed by atoms with van der Waals surface area (Å²) in [6.45, 7) is 6.71. The monoisotopic (exact) mass is 282 g/mol. The van der Waals surface area contributed by atoms with Crippen LogP contribution in [0.1, 0.15) is 34.8 Å². The third-order valence-electron chi connectivity index (χ3n) is 3.50. The van der Waals surface area contributed by atoms with Gasteiger partial charge in [0, 0.05) is 23.5 Å². The van der Waals surface area contributed by atoms with Crippen molar-refractivity contribution in [2.24, 2.45) is 0 Å². The normalized spacial score (nSPS) is 10.4. The molecule has 2 aromatic rings. The summed E-state index contributed by atoms with van der Waals surface area (Å²) >= 11 is 0. The van der Waals surface area contributed by atoms with Crippen LogP contribution in [0, 0.1) is 13.8 Å². The highest BCUT2D eigenvalue weighted by atomic mass is 16.2. The fraction of sp³-hybridized carbons (Fsp3) is 0.278. The number of rotatable bonds is 4. The molecule has 0 atom stereocenters. The molecule has 0 saturated carbocycles. The first-order valence-corrected chi connectivity index (χ1v) is 7.27. The number of carbonyl (C=O) groups is 1. The zero-order valence-corrected chi connectivity index (χ0v) is 12.9. The summed E-state index contributed by atoms with van der Waals surface area (Å²) in [5, 5.41) is 0. The molecule has 0 aliphatic heterocycles. The number of carbonyl (C=O) groups excluding carboxylic acids is 1. The predicted molar refractivity (Wildman–Crippen MR) is 88.7 cm³/mol. The lowest BCUT2D eigenvalue weighted by Crippen LogP contribution is -2.32. The van der Waals surface area contributed by atoms with Gasteiger partial charge in [0.1, 0.15) is 0 Å². The average molecular weight is 282 g/mol. The van der Waals surface area contributed by atoms with Crippen molar-refractivity contribution in [3.8, 4) is 0 Å². The van der Waals surface area contributed by atoms with E-state index in [2.05, 4.69) is 6.92 Å². The fourth-order valence-corrected chi connectivity index (χ4v) is 2.38. The highest BCUT2D eigenvalue weighted by Crippen LogP contribution is 2.22. The van der Waals surface area contributed by atoms with Gasteiger partial charge in [-0.3, -0.25) is 4.79 Å². The number of hydrogen-bond donors (Lipinski definition) is 1. The molecule has 0 fully saturated rings. The Balaban J connectivity index is 2.42. The first kappa shape index (κ1) is 15.1. The standard InChI is InChI=1S/C18H22N2O/c1-4-10-20(16-7-5-6-15(19)12-16)18(21)17-11-13(2)8-9-14(17)3/h5-9,11-12H,4,10,19H2,1-3H3. The molecule has 0 aliphatic rings. The first-order chi connectivity index (χ1) is 10.0. The first-order valence-electron chi connectivity index (χ1n) is 7.27. The second-order valence-electron chi connectivity index (χ2n) is 5.37. The van der Waals surface area contributed by atoms with Gasteiger partial charge in [-0.15, -0.1) is 0 Å². The van der Waals surface area contributed by atoms with Crippen molar-refractivity contribution in [2.45, 2.75) is 27.2 Å². The van der Waals surface area contributed by atoms with E-state index in [1.54, 1.807) is 4.90 Å². The number of aryl methyl sites for hydroxylation is 2. The summed E-state index contributed by atoms with van der Waals surface area (Å²) in [4.78, 5) is 14.7. The van der Waals surface area contributed by atoms with Gasteiger partial charge in [-0.1, -0.05) is 30.7 Å². The predicted octanol–water partition coefficient (Wildman–Crippen LogP) is 3.94. The van der Waals surface area contributed by atoms with Gasteiger partial charge in [-0.25, -0.2) is 0 Å². The highest BCUT2D eigenvalue weighted by molar-refractivity contribution is 6.07. The van der Waals surface area contributed by atoms with Gasteiger partial charge < -0.3 is 10.6 Å². The minimum Gasteiger partial charge on any atom is -0.399 e. The Bertz CT molecular complexity index is 649. The smallest absolute Gasteiger partial charge is 0.258 e. The Morgan fingerprint density at radius 1 is 1.14 bits per heavy atom. The van der Waals surface area contributed by atoms with Gasteiger partial charge >= 0.3 is 0 Å². The molecule has 0 aromatic heterocycles. The number of hydrogen-bond acceptors (Lipinski definition) is 2. The number of nitrogens with zero attached hydrogens (tertiary/aromatic N) is 1. The van der Waals surface area contributed by atoms with E-state index < -0.39 is 0 Å². The molecule has 0 saturated heterocycles. The van der Waals surface area contributed by atoms with Crippen LogP contribution in [0.4, 0.5) is 11.4 Å². The van der Waals surface area contributed by atoms with Crippen LogP contribution >= 0.6 is 0 Å². The topological polar surface area (TPSA) is 46.3 Å². The summed E-state index contributed by atoms with van der Waals surface area (Å²) in [6.07, 6.45) is 0.894. The summed E-state index contributed by atoms with van der Waals surface area (Å²) in [7, 11) is 0. The summed E-state index contributed by atoms with van der Waals surface area (Å²) in [5.41, 5.74) is 10.2. The number of benzene rings is 2. The van der Waals surface area contributed by atoms with Crippen molar-refractivity contribution >= 4 is 17.3 Å². The van der Waals surface area contributed by atoms with E-state index in [1.165, 1.54) is 0 Å². The molecule has 0 heterocycles. The third kappa shape index (κ3) is 3.43. The maximum atomic E-state index is 12.9.